The van der Waals surface area contributed by atoms with Crippen molar-refractivity contribution in [2.45, 2.75) is 38.5 Å². The van der Waals surface area contributed by atoms with Gasteiger partial charge in [0.2, 0.25) is 0 Å². The summed E-state index contributed by atoms with van der Waals surface area (Å²) in [5.74, 6) is -3.66. The van der Waals surface area contributed by atoms with Crippen LogP contribution in [0.25, 0.3) is 0 Å². The fourth-order valence-electron chi connectivity index (χ4n) is 2.51. The number of phenols is 1. The third kappa shape index (κ3) is 2.89. The number of fused-ring (bicyclic) bond motifs is 1. The highest BCUT2D eigenvalue weighted by atomic mass is 127. The van der Waals surface area contributed by atoms with E-state index < -0.39 is 5.92 Å². The van der Waals surface area contributed by atoms with E-state index in [1.54, 1.807) is 13.0 Å². The molecular formula is C14H15F2IO3. The van der Waals surface area contributed by atoms with Gasteiger partial charge in [-0.05, 0) is 59.5 Å². The van der Waals surface area contributed by atoms with Crippen molar-refractivity contribution in [3.8, 4) is 5.75 Å². The fraction of sp³-hybridized carbons (Fsp3) is 0.500. The van der Waals surface area contributed by atoms with E-state index in [0.717, 1.165) is 0 Å². The van der Waals surface area contributed by atoms with Gasteiger partial charge in [0, 0.05) is 12.8 Å². The van der Waals surface area contributed by atoms with E-state index in [-0.39, 0.29) is 36.5 Å². The minimum Gasteiger partial charge on any atom is -0.506 e. The van der Waals surface area contributed by atoms with Crippen molar-refractivity contribution in [1.82, 2.24) is 0 Å². The zero-order chi connectivity index (χ0) is 14.9. The SMILES string of the molecule is CCOC(=O)CCc1cc(I)c(O)c2c1CCC2(F)F. The van der Waals surface area contributed by atoms with Crippen molar-refractivity contribution in [3.63, 3.8) is 0 Å². The van der Waals surface area contributed by atoms with E-state index in [0.29, 0.717) is 27.7 Å². The van der Waals surface area contributed by atoms with Gasteiger partial charge in [0.15, 0.2) is 0 Å². The minimum absolute atomic E-state index is 0.159. The molecule has 2 rings (SSSR count). The molecule has 1 aromatic carbocycles. The number of hydrogen-bond acceptors (Lipinski definition) is 3. The van der Waals surface area contributed by atoms with Crippen LogP contribution in [0.3, 0.4) is 0 Å². The van der Waals surface area contributed by atoms with Crippen molar-refractivity contribution >= 4 is 28.6 Å². The summed E-state index contributed by atoms with van der Waals surface area (Å²) in [7, 11) is 0. The van der Waals surface area contributed by atoms with Gasteiger partial charge >= 0.3 is 5.97 Å². The number of alkyl halides is 2. The first-order valence-corrected chi connectivity index (χ1v) is 7.51. The van der Waals surface area contributed by atoms with Gasteiger partial charge in [0.25, 0.3) is 5.92 Å². The van der Waals surface area contributed by atoms with Gasteiger partial charge in [0.05, 0.1) is 15.7 Å². The number of halogens is 3. The average Bonchev–Trinajstić information content (AvgIpc) is 2.69. The summed E-state index contributed by atoms with van der Waals surface area (Å²) in [6.45, 7) is 2.03. The lowest BCUT2D eigenvalue weighted by Gasteiger charge is -2.15. The molecule has 20 heavy (non-hydrogen) atoms. The molecule has 1 aliphatic carbocycles. The Kier molecular flexibility index (Phi) is 4.51. The molecule has 110 valence electrons. The maximum atomic E-state index is 13.8. The summed E-state index contributed by atoms with van der Waals surface area (Å²) in [4.78, 5) is 11.4. The topological polar surface area (TPSA) is 46.5 Å². The van der Waals surface area contributed by atoms with Crippen molar-refractivity contribution in [2.75, 3.05) is 6.61 Å². The molecule has 0 bridgehead atoms. The van der Waals surface area contributed by atoms with Crippen molar-refractivity contribution < 1.29 is 23.4 Å². The van der Waals surface area contributed by atoms with Crippen LogP contribution in [0.1, 0.15) is 36.5 Å². The number of hydrogen-bond donors (Lipinski definition) is 1. The molecule has 0 heterocycles. The molecular weight excluding hydrogens is 381 g/mol. The lowest BCUT2D eigenvalue weighted by molar-refractivity contribution is -0.143. The lowest BCUT2D eigenvalue weighted by atomic mass is 9.98. The quantitative estimate of drug-likeness (QED) is 0.626. The maximum Gasteiger partial charge on any atom is 0.306 e. The Morgan fingerprint density at radius 1 is 1.55 bits per heavy atom. The monoisotopic (exact) mass is 396 g/mol. The van der Waals surface area contributed by atoms with Crippen LogP contribution in [0.5, 0.6) is 5.75 Å². The van der Waals surface area contributed by atoms with Gasteiger partial charge in [-0.15, -0.1) is 0 Å². The molecule has 1 N–H and O–H groups in total. The molecule has 1 aromatic rings. The summed E-state index contributed by atoms with van der Waals surface area (Å²) in [6.07, 6.45) is 0.452. The second-order valence-electron chi connectivity index (χ2n) is 4.73. The number of rotatable bonds is 4. The average molecular weight is 396 g/mol. The van der Waals surface area contributed by atoms with Crippen LogP contribution in [0.4, 0.5) is 8.78 Å². The van der Waals surface area contributed by atoms with Gasteiger partial charge in [0.1, 0.15) is 5.75 Å². The largest absolute Gasteiger partial charge is 0.506 e. The standard InChI is InChI=1S/C14H15F2IO3/c1-2-20-11(18)4-3-8-7-10(17)13(19)12-9(8)5-6-14(12,15)16/h7,19H,2-6H2,1H3. The number of phenolic OH excluding ortho intramolecular Hbond substituents is 1. The Morgan fingerprint density at radius 3 is 2.90 bits per heavy atom. The zero-order valence-corrected chi connectivity index (χ0v) is 13.2. The molecule has 0 atom stereocenters. The molecule has 0 saturated carbocycles. The highest BCUT2D eigenvalue weighted by Crippen LogP contribution is 2.49. The molecule has 0 radical (unpaired) electrons. The predicted molar refractivity (Wildman–Crippen MR) is 78.0 cm³/mol. The lowest BCUT2D eigenvalue weighted by Crippen LogP contribution is -2.10. The number of aryl methyl sites for hydroxylation is 1. The molecule has 3 nitrogen and oxygen atoms in total. The summed E-state index contributed by atoms with van der Waals surface area (Å²) in [5, 5.41) is 9.86. The second kappa shape index (κ2) is 5.83. The van der Waals surface area contributed by atoms with E-state index in [9.17, 15) is 18.7 Å². The van der Waals surface area contributed by atoms with E-state index in [1.807, 2.05) is 22.6 Å². The molecule has 0 unspecified atom stereocenters. The van der Waals surface area contributed by atoms with Gasteiger partial charge in [-0.3, -0.25) is 4.79 Å². The van der Waals surface area contributed by atoms with Crippen molar-refractivity contribution in [1.29, 1.82) is 0 Å². The second-order valence-corrected chi connectivity index (χ2v) is 5.89. The molecule has 0 aliphatic heterocycles. The van der Waals surface area contributed by atoms with Crippen molar-refractivity contribution in [3.05, 3.63) is 26.3 Å². The van der Waals surface area contributed by atoms with Crippen LogP contribution in [0.2, 0.25) is 0 Å². The first-order chi connectivity index (χ1) is 9.36. The third-order valence-electron chi connectivity index (χ3n) is 3.41. The normalized spacial score (nSPS) is 16.0. The first kappa shape index (κ1) is 15.5. The molecule has 0 aromatic heterocycles. The van der Waals surface area contributed by atoms with Crippen LogP contribution in [-0.2, 0) is 28.3 Å². The van der Waals surface area contributed by atoms with Crippen molar-refractivity contribution in [2.24, 2.45) is 0 Å². The maximum absolute atomic E-state index is 13.8. The molecule has 0 saturated heterocycles. The molecule has 0 amide bonds. The smallest absolute Gasteiger partial charge is 0.306 e. The van der Waals surface area contributed by atoms with Crippen LogP contribution in [0, 0.1) is 3.57 Å². The number of benzene rings is 1. The van der Waals surface area contributed by atoms with Gasteiger partial charge < -0.3 is 9.84 Å². The third-order valence-corrected chi connectivity index (χ3v) is 4.23. The van der Waals surface area contributed by atoms with Gasteiger partial charge in [-0.2, -0.15) is 0 Å². The Hall–Kier alpha value is -0.920. The Bertz CT molecular complexity index is 544. The molecule has 0 spiro atoms. The van der Waals surface area contributed by atoms with Crippen LogP contribution >= 0.6 is 22.6 Å². The molecule has 6 heteroatoms. The predicted octanol–water partition coefficient (Wildman–Crippen LogP) is 3.53. The van der Waals surface area contributed by atoms with E-state index in [2.05, 4.69) is 0 Å². The Morgan fingerprint density at radius 2 is 2.25 bits per heavy atom. The van der Waals surface area contributed by atoms with Gasteiger partial charge in [-0.25, -0.2) is 8.78 Å². The Labute approximate surface area is 129 Å². The van der Waals surface area contributed by atoms with Gasteiger partial charge in [-0.1, -0.05) is 0 Å². The molecule has 1 aliphatic rings. The number of aromatic hydroxyl groups is 1. The zero-order valence-electron chi connectivity index (χ0n) is 11.0. The number of esters is 1. The highest BCUT2D eigenvalue weighted by Gasteiger charge is 2.43. The van der Waals surface area contributed by atoms with Crippen LogP contribution in [-0.4, -0.2) is 17.7 Å². The number of carbonyl (C=O) groups is 1. The van der Waals surface area contributed by atoms with E-state index >= 15 is 0 Å². The number of carbonyl (C=O) groups excluding carboxylic acids is 1. The Balaban J connectivity index is 2.30. The van der Waals surface area contributed by atoms with E-state index in [1.165, 1.54) is 0 Å². The summed E-state index contributed by atoms with van der Waals surface area (Å²) in [5.41, 5.74) is 0.924. The summed E-state index contributed by atoms with van der Waals surface area (Å²) < 4.78 is 32.9. The van der Waals surface area contributed by atoms with Crippen LogP contribution < -0.4 is 0 Å². The molecule has 0 fully saturated rings. The van der Waals surface area contributed by atoms with Crippen LogP contribution in [0.15, 0.2) is 6.07 Å². The number of ether oxygens (including phenoxy) is 1. The summed E-state index contributed by atoms with van der Waals surface area (Å²) >= 11 is 1.83. The summed E-state index contributed by atoms with van der Waals surface area (Å²) in [6, 6.07) is 1.68. The highest BCUT2D eigenvalue weighted by molar-refractivity contribution is 14.1. The fourth-order valence-corrected chi connectivity index (χ4v) is 3.16. The first-order valence-electron chi connectivity index (χ1n) is 6.44. The van der Waals surface area contributed by atoms with E-state index in [4.69, 9.17) is 4.74 Å². The minimum atomic E-state index is -2.99.